The molecule has 0 saturated carbocycles. The average molecular weight is 437 g/mol. The lowest BCUT2D eigenvalue weighted by atomic mass is 9.93. The molecule has 0 radical (unpaired) electrons. The van der Waals surface area contributed by atoms with Crippen LogP contribution < -0.4 is 10.6 Å². The molecule has 2 N–H and O–H groups in total. The van der Waals surface area contributed by atoms with E-state index in [9.17, 15) is 4.79 Å². The molecule has 2 aromatic carbocycles. The first kappa shape index (κ1) is 20.1. The molecule has 0 bridgehead atoms. The summed E-state index contributed by atoms with van der Waals surface area (Å²) in [4.78, 5) is 20.3. The van der Waals surface area contributed by atoms with Gasteiger partial charge in [-0.05, 0) is 59.9 Å². The van der Waals surface area contributed by atoms with Gasteiger partial charge in [0.25, 0.3) is 0 Å². The van der Waals surface area contributed by atoms with Crippen LogP contribution >= 0.6 is 11.6 Å². The number of hydrogen-bond acceptors (Lipinski definition) is 5. The second-order valence-electron chi connectivity index (χ2n) is 8.13. The number of morpholine rings is 1. The van der Waals surface area contributed by atoms with Gasteiger partial charge in [0.2, 0.25) is 6.41 Å². The molecule has 7 heteroatoms. The number of pyridine rings is 1. The van der Waals surface area contributed by atoms with Crippen LogP contribution in [0.1, 0.15) is 24.4 Å². The van der Waals surface area contributed by atoms with E-state index in [0.717, 1.165) is 72.2 Å². The molecule has 2 fully saturated rings. The Morgan fingerprint density at radius 3 is 2.74 bits per heavy atom. The molecular weight excluding hydrogens is 412 g/mol. The van der Waals surface area contributed by atoms with E-state index in [0.29, 0.717) is 24.1 Å². The lowest BCUT2D eigenvalue weighted by molar-refractivity contribution is -0.118. The zero-order valence-corrected chi connectivity index (χ0v) is 18.0. The van der Waals surface area contributed by atoms with Gasteiger partial charge in [-0.15, -0.1) is 0 Å². The summed E-state index contributed by atoms with van der Waals surface area (Å²) in [6.45, 7) is 3.79. The number of anilines is 2. The van der Waals surface area contributed by atoms with E-state index in [1.807, 2.05) is 23.1 Å². The number of benzene rings is 2. The number of likely N-dealkylation sites (tertiary alicyclic amines) is 1. The number of rotatable bonds is 4. The summed E-state index contributed by atoms with van der Waals surface area (Å²) >= 11 is 6.38. The van der Waals surface area contributed by atoms with E-state index < -0.39 is 0 Å². The number of aromatic nitrogens is 1. The molecule has 160 valence electrons. The Kier molecular flexibility index (Phi) is 5.42. The Morgan fingerprint density at radius 1 is 1.10 bits per heavy atom. The van der Waals surface area contributed by atoms with Gasteiger partial charge in [0.05, 0.1) is 30.5 Å². The Labute approximate surface area is 186 Å². The average Bonchev–Trinajstić information content (AvgIpc) is 3.27. The summed E-state index contributed by atoms with van der Waals surface area (Å²) in [7, 11) is 0. The molecule has 3 aromatic rings. The summed E-state index contributed by atoms with van der Waals surface area (Å²) in [5.74, 6) is 0.540. The molecule has 5 rings (SSSR count). The molecule has 1 aromatic heterocycles. The maximum Gasteiger partial charge on any atom is 0.210 e. The van der Waals surface area contributed by atoms with Crippen LogP contribution in [-0.2, 0) is 9.53 Å². The molecule has 3 heterocycles. The van der Waals surface area contributed by atoms with Gasteiger partial charge < -0.3 is 20.3 Å². The third-order valence-electron chi connectivity index (χ3n) is 6.29. The molecule has 2 saturated heterocycles. The Morgan fingerprint density at radius 2 is 1.94 bits per heavy atom. The Balaban J connectivity index is 1.60. The van der Waals surface area contributed by atoms with Crippen LogP contribution in [0.25, 0.3) is 22.0 Å². The van der Waals surface area contributed by atoms with Crippen molar-refractivity contribution in [3.63, 3.8) is 0 Å². The van der Waals surface area contributed by atoms with Gasteiger partial charge in [-0.1, -0.05) is 23.7 Å². The molecule has 2 aliphatic heterocycles. The fraction of sp³-hybridized carbons (Fsp3) is 0.333. The standard InChI is InChI=1S/C24H25ClN4O2/c25-18-4-5-19(22-2-1-7-29(22)15-30)20(14-18)16-3-6-21-17(12-16)13-23(24(26)27-21)28-8-10-31-11-9-28/h3-6,12-15,22H,1-2,7-11H2,(H2,26,27). The highest BCUT2D eigenvalue weighted by Gasteiger charge is 2.27. The molecule has 1 unspecified atom stereocenters. The third-order valence-corrected chi connectivity index (χ3v) is 6.52. The lowest BCUT2D eigenvalue weighted by Crippen LogP contribution is -2.36. The summed E-state index contributed by atoms with van der Waals surface area (Å²) < 4.78 is 5.47. The maximum atomic E-state index is 11.6. The highest BCUT2D eigenvalue weighted by atomic mass is 35.5. The van der Waals surface area contributed by atoms with Gasteiger partial charge >= 0.3 is 0 Å². The van der Waals surface area contributed by atoms with E-state index in [4.69, 9.17) is 22.1 Å². The minimum atomic E-state index is 0.0777. The molecule has 1 atom stereocenters. The van der Waals surface area contributed by atoms with Crippen LogP contribution in [0.2, 0.25) is 5.02 Å². The van der Waals surface area contributed by atoms with Crippen molar-refractivity contribution in [1.29, 1.82) is 0 Å². The van der Waals surface area contributed by atoms with Crippen molar-refractivity contribution < 1.29 is 9.53 Å². The minimum absolute atomic E-state index is 0.0777. The van der Waals surface area contributed by atoms with E-state index >= 15 is 0 Å². The number of nitrogen functional groups attached to an aromatic ring is 1. The number of ether oxygens (including phenoxy) is 1. The number of nitrogens with two attached hydrogens (primary N) is 1. The predicted molar refractivity (Wildman–Crippen MR) is 124 cm³/mol. The first-order valence-electron chi connectivity index (χ1n) is 10.7. The Hall–Kier alpha value is -2.83. The monoisotopic (exact) mass is 436 g/mol. The van der Waals surface area contributed by atoms with Gasteiger partial charge in [0.15, 0.2) is 0 Å². The summed E-state index contributed by atoms with van der Waals surface area (Å²) in [5, 5.41) is 1.71. The molecule has 0 aliphatic carbocycles. The quantitative estimate of drug-likeness (QED) is 0.618. The third kappa shape index (κ3) is 3.82. The molecule has 0 spiro atoms. The van der Waals surface area contributed by atoms with Gasteiger partial charge in [-0.3, -0.25) is 4.79 Å². The second kappa shape index (κ2) is 8.36. The first-order chi connectivity index (χ1) is 15.1. The van der Waals surface area contributed by atoms with E-state index in [1.54, 1.807) is 0 Å². The Bertz CT molecular complexity index is 1130. The number of halogens is 1. The predicted octanol–water partition coefficient (Wildman–Crippen LogP) is 4.27. The smallest absolute Gasteiger partial charge is 0.210 e. The number of hydrogen-bond donors (Lipinski definition) is 1. The van der Waals surface area contributed by atoms with Crippen LogP contribution in [0.4, 0.5) is 11.5 Å². The largest absolute Gasteiger partial charge is 0.382 e. The van der Waals surface area contributed by atoms with Gasteiger partial charge in [-0.2, -0.15) is 0 Å². The first-order valence-corrected chi connectivity index (χ1v) is 11.1. The molecule has 2 aliphatic rings. The van der Waals surface area contributed by atoms with Crippen LogP contribution in [0.15, 0.2) is 42.5 Å². The van der Waals surface area contributed by atoms with Crippen molar-refractivity contribution in [1.82, 2.24) is 9.88 Å². The number of amides is 1. The van der Waals surface area contributed by atoms with Crippen LogP contribution in [0.3, 0.4) is 0 Å². The number of fused-ring (bicyclic) bond motifs is 1. The zero-order chi connectivity index (χ0) is 21.4. The van der Waals surface area contributed by atoms with Crippen molar-refractivity contribution >= 4 is 40.4 Å². The van der Waals surface area contributed by atoms with Crippen molar-refractivity contribution in [3.8, 4) is 11.1 Å². The number of nitrogens with zero attached hydrogens (tertiary/aromatic N) is 3. The van der Waals surface area contributed by atoms with Gasteiger partial charge in [-0.25, -0.2) is 4.98 Å². The molecule has 31 heavy (non-hydrogen) atoms. The van der Waals surface area contributed by atoms with Crippen molar-refractivity contribution in [2.45, 2.75) is 18.9 Å². The second-order valence-corrected chi connectivity index (χ2v) is 8.57. The minimum Gasteiger partial charge on any atom is -0.382 e. The fourth-order valence-electron chi connectivity index (χ4n) is 4.72. The van der Waals surface area contributed by atoms with E-state index in [1.165, 1.54) is 0 Å². The van der Waals surface area contributed by atoms with E-state index in [-0.39, 0.29) is 6.04 Å². The van der Waals surface area contributed by atoms with E-state index in [2.05, 4.69) is 34.1 Å². The summed E-state index contributed by atoms with van der Waals surface area (Å²) in [5.41, 5.74) is 11.3. The van der Waals surface area contributed by atoms with Crippen LogP contribution in [0.5, 0.6) is 0 Å². The highest BCUT2D eigenvalue weighted by molar-refractivity contribution is 6.30. The maximum absolute atomic E-state index is 11.6. The van der Waals surface area contributed by atoms with Gasteiger partial charge in [0.1, 0.15) is 5.82 Å². The number of carbonyl (C=O) groups excluding carboxylic acids is 1. The molecular formula is C24H25ClN4O2. The van der Waals surface area contributed by atoms with Crippen LogP contribution in [0, 0.1) is 0 Å². The zero-order valence-electron chi connectivity index (χ0n) is 17.3. The molecule has 1 amide bonds. The fourth-order valence-corrected chi connectivity index (χ4v) is 4.90. The summed E-state index contributed by atoms with van der Waals surface area (Å²) in [6.07, 6.45) is 2.92. The molecule has 6 nitrogen and oxygen atoms in total. The SMILES string of the molecule is Nc1nc2ccc(-c3cc(Cl)ccc3C3CCCN3C=O)cc2cc1N1CCOCC1. The topological polar surface area (TPSA) is 71.7 Å². The normalized spacial score (nSPS) is 19.2. The van der Waals surface area contributed by atoms with Gasteiger partial charge in [0, 0.05) is 30.0 Å². The van der Waals surface area contributed by atoms with Crippen molar-refractivity contribution in [3.05, 3.63) is 53.1 Å². The lowest BCUT2D eigenvalue weighted by Gasteiger charge is -2.29. The van der Waals surface area contributed by atoms with Crippen molar-refractivity contribution in [2.24, 2.45) is 0 Å². The van der Waals surface area contributed by atoms with Crippen LogP contribution in [-0.4, -0.2) is 49.1 Å². The van der Waals surface area contributed by atoms with Crippen molar-refractivity contribution in [2.75, 3.05) is 43.5 Å². The highest BCUT2D eigenvalue weighted by Crippen LogP contribution is 2.39. The summed E-state index contributed by atoms with van der Waals surface area (Å²) in [6, 6.07) is 14.3. The number of carbonyl (C=O) groups is 1.